The molecule has 0 spiro atoms. The summed E-state index contributed by atoms with van der Waals surface area (Å²) in [6.07, 6.45) is 13.8. The molecule has 1 aliphatic carbocycles. The van der Waals surface area contributed by atoms with Crippen molar-refractivity contribution in [3.8, 4) is 0 Å². The van der Waals surface area contributed by atoms with Gasteiger partial charge in [-0.25, -0.2) is 15.0 Å². The van der Waals surface area contributed by atoms with Crippen LogP contribution in [-0.4, -0.2) is 112 Å². The van der Waals surface area contributed by atoms with Crippen LogP contribution in [0.25, 0.3) is 32.7 Å². The number of hydrogen-bond donors (Lipinski definition) is 7. The van der Waals surface area contributed by atoms with Crippen LogP contribution >= 0.6 is 82.6 Å². The molecule has 74 heavy (non-hydrogen) atoms. The second-order valence-corrected chi connectivity index (χ2v) is 24.5. The molecular formula is C52H60Br3Cl3N10O6. The van der Waals surface area contributed by atoms with Crippen molar-refractivity contribution in [2.45, 2.75) is 132 Å². The Morgan fingerprint density at radius 3 is 1.42 bits per heavy atom. The minimum absolute atomic E-state index is 0.000711. The molecule has 5 aliphatic rings. The van der Waals surface area contributed by atoms with Crippen LogP contribution in [0.3, 0.4) is 0 Å². The number of nitrogens with one attached hydrogen (secondary N) is 4. The van der Waals surface area contributed by atoms with Crippen LogP contribution in [0.15, 0.2) is 95.3 Å². The summed E-state index contributed by atoms with van der Waals surface area (Å²) >= 11 is 28.4. The number of hydrogen-bond acceptors (Lipinski definition) is 13. The lowest BCUT2D eigenvalue weighted by Gasteiger charge is -2.32. The molecule has 0 bridgehead atoms. The third kappa shape index (κ3) is 13.2. The highest BCUT2D eigenvalue weighted by molar-refractivity contribution is 9.11. The summed E-state index contributed by atoms with van der Waals surface area (Å²) in [4.78, 5) is 51.4. The molecule has 11 rings (SSSR count). The van der Waals surface area contributed by atoms with E-state index in [2.05, 4.69) is 90.6 Å². The van der Waals surface area contributed by atoms with Gasteiger partial charge in [-0.2, -0.15) is 0 Å². The number of aliphatic hydroxyl groups excluding tert-OH is 3. The van der Waals surface area contributed by atoms with Gasteiger partial charge in [-0.1, -0.05) is 47.0 Å². The van der Waals surface area contributed by atoms with E-state index < -0.39 is 0 Å². The van der Waals surface area contributed by atoms with Crippen molar-refractivity contribution in [2.24, 2.45) is 5.41 Å². The van der Waals surface area contributed by atoms with E-state index >= 15 is 0 Å². The lowest BCUT2D eigenvalue weighted by molar-refractivity contribution is 0.0793. The van der Waals surface area contributed by atoms with Crippen LogP contribution in [0.4, 0.5) is 0 Å². The van der Waals surface area contributed by atoms with Gasteiger partial charge in [0.15, 0.2) is 0 Å². The van der Waals surface area contributed by atoms with Crippen LogP contribution < -0.4 is 37.9 Å². The molecule has 4 aliphatic heterocycles. The van der Waals surface area contributed by atoms with E-state index in [1.807, 2.05) is 0 Å². The van der Waals surface area contributed by atoms with Gasteiger partial charge < -0.3 is 36.6 Å². The van der Waals surface area contributed by atoms with Crippen molar-refractivity contribution < 1.29 is 15.3 Å². The van der Waals surface area contributed by atoms with Gasteiger partial charge in [-0.05, 0) is 180 Å². The lowest BCUT2D eigenvalue weighted by Crippen LogP contribution is -2.48. The molecule has 396 valence electrons. The summed E-state index contributed by atoms with van der Waals surface area (Å²) in [5.74, 6) is 0. The number of aliphatic hydroxyl groups is 3. The van der Waals surface area contributed by atoms with E-state index in [-0.39, 0.29) is 64.1 Å². The predicted molar refractivity (Wildman–Crippen MR) is 303 cm³/mol. The quantitative estimate of drug-likeness (QED) is 0.0463. The van der Waals surface area contributed by atoms with Gasteiger partial charge in [0.2, 0.25) is 0 Å². The van der Waals surface area contributed by atoms with Crippen LogP contribution in [0.1, 0.15) is 70.6 Å². The van der Waals surface area contributed by atoms with Gasteiger partial charge in [-0.15, -0.1) is 0 Å². The Bertz CT molecular complexity index is 3100. The van der Waals surface area contributed by atoms with E-state index in [1.54, 1.807) is 58.2 Å². The Labute approximate surface area is 468 Å². The molecule has 0 radical (unpaired) electrons. The number of aromatic nitrogens is 6. The van der Waals surface area contributed by atoms with Crippen molar-refractivity contribution in [3.05, 3.63) is 127 Å². The molecular weight excluding hydrogens is 1210 g/mol. The highest BCUT2D eigenvalue weighted by Crippen LogP contribution is 2.51. The summed E-state index contributed by atoms with van der Waals surface area (Å²) in [7, 11) is 0. The Morgan fingerprint density at radius 1 is 0.608 bits per heavy atom. The zero-order chi connectivity index (χ0) is 52.5. The molecule has 7 atom stereocenters. The molecule has 7 N–H and O–H groups in total. The maximum atomic E-state index is 12.8. The van der Waals surface area contributed by atoms with Gasteiger partial charge in [0, 0.05) is 57.7 Å². The zero-order valence-corrected chi connectivity index (χ0v) is 47.6. The first-order valence-electron chi connectivity index (χ1n) is 25.1. The third-order valence-electron chi connectivity index (χ3n) is 15.0. The van der Waals surface area contributed by atoms with Crippen LogP contribution in [-0.2, 0) is 19.6 Å². The van der Waals surface area contributed by atoms with Crippen molar-refractivity contribution in [1.82, 2.24) is 49.9 Å². The topological polar surface area (TPSA) is 223 Å². The minimum Gasteiger partial charge on any atom is -0.392 e. The van der Waals surface area contributed by atoms with Crippen molar-refractivity contribution in [1.29, 1.82) is 0 Å². The van der Waals surface area contributed by atoms with E-state index in [4.69, 9.17) is 34.8 Å². The number of piperidine rings is 3. The summed E-state index contributed by atoms with van der Waals surface area (Å²) in [6, 6.07) is 10.4. The summed E-state index contributed by atoms with van der Waals surface area (Å²) in [5, 5.41) is 47.0. The number of nitrogens with zero attached hydrogens (tertiary/aromatic N) is 6. The number of fused-ring (bicyclic) bond motifs is 3. The SMILES string of the molecule is C=C(C[C@H]1NCCC[C@@H]1O)Cn1cnc2cc(Br)c(Cl)cc2c1=O.O=c1c2cc(Cl)c(Br)cc2ncn1CC1(C[C@H]2NCCC[C@@H]2O)CC1.O=c1c2cc(Cl)c(Br)cc2ncn1CC1(C[C@H]2NCCC[C@@H]2O)CN1. The molecule has 5 fully saturated rings. The number of rotatable bonds is 12. The second kappa shape index (κ2) is 23.8. The molecule has 3 aromatic carbocycles. The zero-order valence-electron chi connectivity index (χ0n) is 40.6. The van der Waals surface area contributed by atoms with Crippen molar-refractivity contribution >= 4 is 115 Å². The highest BCUT2D eigenvalue weighted by atomic mass is 79.9. The number of benzene rings is 3. The second-order valence-electron chi connectivity index (χ2n) is 20.7. The van der Waals surface area contributed by atoms with Gasteiger partial charge in [0.1, 0.15) is 0 Å². The average molecular weight is 1270 g/mol. The molecule has 1 unspecified atom stereocenters. The monoisotopic (exact) mass is 1260 g/mol. The van der Waals surface area contributed by atoms with E-state index in [0.717, 1.165) is 105 Å². The maximum absolute atomic E-state index is 12.8. The van der Waals surface area contributed by atoms with Crippen LogP contribution in [0.5, 0.6) is 0 Å². The van der Waals surface area contributed by atoms with Crippen molar-refractivity contribution in [2.75, 3.05) is 26.2 Å². The Morgan fingerprint density at radius 2 is 1.00 bits per heavy atom. The normalized spacial score (nSPS) is 25.2. The first-order chi connectivity index (χ1) is 35.4. The fourth-order valence-corrected chi connectivity index (χ4v) is 12.0. The minimum atomic E-state index is -0.363. The summed E-state index contributed by atoms with van der Waals surface area (Å²) < 4.78 is 7.05. The molecule has 3 aromatic heterocycles. The highest BCUT2D eigenvalue weighted by Gasteiger charge is 2.47. The average Bonchev–Trinajstić information content (AvgIpc) is 4.32. The van der Waals surface area contributed by atoms with Gasteiger partial charge in [0.25, 0.3) is 16.7 Å². The maximum Gasteiger partial charge on any atom is 0.261 e. The molecule has 7 heterocycles. The van der Waals surface area contributed by atoms with Crippen LogP contribution in [0.2, 0.25) is 15.1 Å². The molecule has 1 saturated carbocycles. The van der Waals surface area contributed by atoms with Gasteiger partial charge in [0.05, 0.1) is 90.6 Å². The lowest BCUT2D eigenvalue weighted by atomic mass is 9.89. The predicted octanol–water partition coefficient (Wildman–Crippen LogP) is 7.62. The Hall–Kier alpha value is -3.15. The first kappa shape index (κ1) is 55.6. The van der Waals surface area contributed by atoms with E-state index in [9.17, 15) is 29.7 Å². The smallest absolute Gasteiger partial charge is 0.261 e. The molecule has 6 aromatic rings. The van der Waals surface area contributed by atoms with Crippen LogP contribution in [0, 0.1) is 5.41 Å². The Balaban J connectivity index is 0.000000136. The number of halogens is 6. The first-order valence-corrected chi connectivity index (χ1v) is 28.6. The van der Waals surface area contributed by atoms with Gasteiger partial charge >= 0.3 is 0 Å². The van der Waals surface area contributed by atoms with Gasteiger partial charge in [-0.3, -0.25) is 28.1 Å². The Kier molecular flexibility index (Phi) is 17.9. The molecule has 4 saturated heterocycles. The largest absolute Gasteiger partial charge is 0.392 e. The standard InChI is InChI=1S/C18H21BrClN3O2.C17H20BrClN4O2.C17H19BrClN3O2/c19-12-7-14-11(6-13(12)20)17(25)23(10-22-14)9-18(3-4-18)8-15-16(24)2-1-5-21-15;18-11-5-13-10(4-12(11)19)16(25)23(9-21-13)8-17(7-22-17)6-14-15(24)2-1-3-20-14;1-10(5-15-16(23)3-2-4-20-15)8-22-9-21-14-7-12(18)13(19)6-11(14)17(22)24/h6-7,10,15-16,21,24H,1-5,8-9H2;4-5,9,14-15,20,22,24H,1-3,6-8H2;6-7,9,15-16,20,23H,1-5,8H2/t15-,16+;14-,15+,17?;15-,16+/m111/s1. The molecule has 16 nitrogen and oxygen atoms in total. The van der Waals surface area contributed by atoms with Crippen molar-refractivity contribution in [3.63, 3.8) is 0 Å². The summed E-state index contributed by atoms with van der Waals surface area (Å²) in [5.41, 5.74) is 2.39. The molecule has 0 amide bonds. The molecule has 22 heteroatoms. The summed E-state index contributed by atoms with van der Waals surface area (Å²) in [6.45, 7) is 9.25. The van der Waals surface area contributed by atoms with E-state index in [0.29, 0.717) is 78.3 Å². The van der Waals surface area contributed by atoms with E-state index in [1.165, 1.54) is 10.9 Å². The fraction of sp³-hybridized carbons (Fsp3) is 0.500. The third-order valence-corrected chi connectivity index (χ3v) is 18.6. The fourth-order valence-electron chi connectivity index (χ4n) is 10.5.